The normalized spacial score (nSPS) is 12.2. The number of alkyl halides is 1. The summed E-state index contributed by atoms with van der Waals surface area (Å²) < 4.78 is 1.17. The molecular weight excluding hydrogens is 426 g/mol. The molecule has 0 radical (unpaired) electrons. The third kappa shape index (κ3) is 3.94. The van der Waals surface area contributed by atoms with Gasteiger partial charge in [0.15, 0.2) is 0 Å². The first-order valence-electron chi connectivity index (χ1n) is 4.57. The van der Waals surface area contributed by atoms with Gasteiger partial charge in [0.25, 0.3) is 0 Å². The highest BCUT2D eigenvalue weighted by Gasteiger charge is 2.20. The van der Waals surface area contributed by atoms with Gasteiger partial charge >= 0.3 is 5.69 Å². The number of benzene rings is 1. The minimum atomic E-state index is -0.738. The van der Waals surface area contributed by atoms with E-state index in [9.17, 15) is 15.2 Å². The van der Waals surface area contributed by atoms with Crippen LogP contribution in [0.2, 0.25) is 0 Å². The van der Waals surface area contributed by atoms with Crippen LogP contribution in [0.15, 0.2) is 16.6 Å². The summed E-state index contributed by atoms with van der Waals surface area (Å²) in [7, 11) is 0. The molecule has 0 saturated carbocycles. The summed E-state index contributed by atoms with van der Waals surface area (Å²) in [6.07, 6.45) is -0.738. The zero-order chi connectivity index (χ0) is 13.0. The van der Waals surface area contributed by atoms with Crippen LogP contribution in [0.5, 0.6) is 0 Å². The van der Waals surface area contributed by atoms with Crippen LogP contribution in [0.3, 0.4) is 0 Å². The van der Waals surface area contributed by atoms with E-state index in [0.29, 0.717) is 13.7 Å². The molecule has 0 heterocycles. The fourth-order valence-corrected chi connectivity index (χ4v) is 2.24. The number of nitrogens with zero attached hydrogens (tertiary/aromatic N) is 1. The molecule has 2 N–H and O–H groups in total. The van der Waals surface area contributed by atoms with Crippen LogP contribution in [0.25, 0.3) is 0 Å². The number of nitrogens with one attached hydrogen (secondary N) is 1. The quantitative estimate of drug-likeness (QED) is 0.323. The third-order valence-corrected chi connectivity index (χ3v) is 4.81. The van der Waals surface area contributed by atoms with Gasteiger partial charge in [-0.05, 0) is 50.7 Å². The van der Waals surface area contributed by atoms with E-state index in [1.165, 1.54) is 0 Å². The Balaban J connectivity index is 2.99. The first-order valence-corrected chi connectivity index (χ1v) is 6.98. The highest BCUT2D eigenvalue weighted by molar-refractivity contribution is 14.1. The van der Waals surface area contributed by atoms with Crippen molar-refractivity contribution in [2.24, 2.45) is 0 Å². The zero-order valence-corrected chi connectivity index (χ0v) is 13.0. The maximum atomic E-state index is 11.0. The fourth-order valence-electron chi connectivity index (χ4n) is 1.14. The number of anilines is 1. The van der Waals surface area contributed by atoms with Gasteiger partial charge in [0.1, 0.15) is 9.26 Å². The fraction of sp³-hybridized carbons (Fsp3) is 0.333. The van der Waals surface area contributed by atoms with Gasteiger partial charge in [0.05, 0.1) is 16.9 Å². The molecule has 1 atom stereocenters. The van der Waals surface area contributed by atoms with Gasteiger partial charge < -0.3 is 10.4 Å². The number of hydrogen-bond acceptors (Lipinski definition) is 4. The molecule has 0 aliphatic heterocycles. The van der Waals surface area contributed by atoms with Crippen LogP contribution < -0.4 is 5.32 Å². The molecule has 1 aromatic rings. The standard InChI is InChI=1S/C9H9BrClIN2O3/c10-6-1-2-7(13-4-5(15)3-11)9(8(6)12)14(16)17/h1-2,5,13,15H,3-4H2. The Morgan fingerprint density at radius 2 is 2.29 bits per heavy atom. The number of hydrogen-bond donors (Lipinski definition) is 2. The summed E-state index contributed by atoms with van der Waals surface area (Å²) in [6.45, 7) is 0.169. The lowest BCUT2D eigenvalue weighted by molar-refractivity contribution is -0.385. The zero-order valence-electron chi connectivity index (χ0n) is 8.49. The molecule has 0 spiro atoms. The van der Waals surface area contributed by atoms with Crippen LogP contribution >= 0.6 is 50.1 Å². The van der Waals surface area contributed by atoms with Crippen LogP contribution in [0.4, 0.5) is 11.4 Å². The van der Waals surface area contributed by atoms with E-state index in [-0.39, 0.29) is 18.1 Å². The molecule has 1 unspecified atom stereocenters. The summed E-state index contributed by atoms with van der Waals surface area (Å²) in [4.78, 5) is 10.5. The molecule has 0 aliphatic carbocycles. The minimum Gasteiger partial charge on any atom is -0.390 e. The Kier molecular flexibility index (Phi) is 5.90. The number of aliphatic hydroxyl groups is 1. The Bertz CT molecular complexity index is 433. The van der Waals surface area contributed by atoms with Crippen molar-refractivity contribution in [1.82, 2.24) is 0 Å². The van der Waals surface area contributed by atoms with Crippen molar-refractivity contribution in [1.29, 1.82) is 0 Å². The summed E-state index contributed by atoms with van der Waals surface area (Å²) >= 11 is 10.6. The summed E-state index contributed by atoms with van der Waals surface area (Å²) in [5.41, 5.74) is 0.355. The summed E-state index contributed by atoms with van der Waals surface area (Å²) in [6, 6.07) is 3.30. The lowest BCUT2D eigenvalue weighted by Gasteiger charge is -2.11. The second-order valence-electron chi connectivity index (χ2n) is 3.20. The highest BCUT2D eigenvalue weighted by atomic mass is 127. The molecule has 1 aromatic carbocycles. The van der Waals surface area contributed by atoms with Crippen LogP contribution in [-0.4, -0.2) is 28.6 Å². The van der Waals surface area contributed by atoms with Crippen LogP contribution in [0.1, 0.15) is 0 Å². The Hall–Kier alpha value is -0.120. The van der Waals surface area contributed by atoms with E-state index in [1.807, 2.05) is 22.6 Å². The molecule has 0 saturated heterocycles. The molecule has 17 heavy (non-hydrogen) atoms. The average molecular weight is 435 g/mol. The number of rotatable bonds is 5. The minimum absolute atomic E-state index is 0.0123. The molecule has 5 nitrogen and oxygen atoms in total. The predicted molar refractivity (Wildman–Crippen MR) is 78.7 cm³/mol. The molecule has 1 rings (SSSR count). The molecule has 94 valence electrons. The highest BCUT2D eigenvalue weighted by Crippen LogP contribution is 2.35. The summed E-state index contributed by atoms with van der Waals surface area (Å²) in [5.74, 6) is 0.0778. The number of nitro benzene ring substituents is 1. The summed E-state index contributed by atoms with van der Waals surface area (Å²) in [5, 5.41) is 23.1. The molecule has 8 heteroatoms. The molecule has 0 bridgehead atoms. The SMILES string of the molecule is O=[N+]([O-])c1c(NCC(O)CCl)ccc(Br)c1I. The van der Waals surface area contributed by atoms with Crippen molar-refractivity contribution in [2.75, 3.05) is 17.7 Å². The van der Waals surface area contributed by atoms with E-state index < -0.39 is 11.0 Å². The largest absolute Gasteiger partial charge is 0.390 e. The van der Waals surface area contributed by atoms with Crippen molar-refractivity contribution in [3.8, 4) is 0 Å². The van der Waals surface area contributed by atoms with Gasteiger partial charge in [-0.15, -0.1) is 11.6 Å². The predicted octanol–water partition coefficient (Wildman–Crippen LogP) is 2.97. The molecule has 0 aromatic heterocycles. The van der Waals surface area contributed by atoms with Crippen molar-refractivity contribution in [3.63, 3.8) is 0 Å². The van der Waals surface area contributed by atoms with Gasteiger partial charge in [-0.1, -0.05) is 0 Å². The molecule has 0 amide bonds. The monoisotopic (exact) mass is 434 g/mol. The first kappa shape index (κ1) is 14.9. The second kappa shape index (κ2) is 6.72. The van der Waals surface area contributed by atoms with Crippen molar-refractivity contribution in [3.05, 3.63) is 30.3 Å². The number of aliphatic hydroxyl groups excluding tert-OH is 1. The van der Waals surface area contributed by atoms with Crippen molar-refractivity contribution < 1.29 is 10.0 Å². The van der Waals surface area contributed by atoms with E-state index in [2.05, 4.69) is 21.2 Å². The van der Waals surface area contributed by atoms with Gasteiger partial charge in [-0.25, -0.2) is 0 Å². The Morgan fingerprint density at radius 3 is 2.82 bits per heavy atom. The van der Waals surface area contributed by atoms with E-state index in [1.54, 1.807) is 12.1 Å². The van der Waals surface area contributed by atoms with Gasteiger partial charge in [0, 0.05) is 11.0 Å². The lowest BCUT2D eigenvalue weighted by Crippen LogP contribution is -2.21. The second-order valence-corrected chi connectivity index (χ2v) is 5.45. The Morgan fingerprint density at radius 1 is 1.65 bits per heavy atom. The topological polar surface area (TPSA) is 75.4 Å². The lowest BCUT2D eigenvalue weighted by atomic mass is 10.2. The van der Waals surface area contributed by atoms with E-state index in [4.69, 9.17) is 11.6 Å². The smallest absolute Gasteiger partial charge is 0.306 e. The average Bonchev–Trinajstić information content (AvgIpc) is 2.29. The van der Waals surface area contributed by atoms with Crippen molar-refractivity contribution in [2.45, 2.75) is 6.10 Å². The van der Waals surface area contributed by atoms with Gasteiger partial charge in [-0.2, -0.15) is 0 Å². The van der Waals surface area contributed by atoms with Gasteiger partial charge in [-0.3, -0.25) is 10.1 Å². The molecular formula is C9H9BrClIN2O3. The van der Waals surface area contributed by atoms with Crippen molar-refractivity contribution >= 4 is 61.5 Å². The van der Waals surface area contributed by atoms with E-state index >= 15 is 0 Å². The first-order chi connectivity index (χ1) is 7.97. The number of halogens is 3. The Labute approximate surface area is 125 Å². The van der Waals surface area contributed by atoms with Crippen LogP contribution in [-0.2, 0) is 0 Å². The molecule has 0 aliphatic rings. The third-order valence-electron chi connectivity index (χ3n) is 1.96. The van der Waals surface area contributed by atoms with E-state index in [0.717, 1.165) is 0 Å². The van der Waals surface area contributed by atoms with Crippen LogP contribution in [0, 0.1) is 13.7 Å². The maximum absolute atomic E-state index is 11.0. The number of nitro groups is 1. The maximum Gasteiger partial charge on any atom is 0.306 e. The van der Waals surface area contributed by atoms with Gasteiger partial charge in [0.2, 0.25) is 0 Å². The molecule has 0 fully saturated rings.